The van der Waals surface area contributed by atoms with Gasteiger partial charge in [0.2, 0.25) is 0 Å². The van der Waals surface area contributed by atoms with E-state index in [1.165, 1.54) is 17.3 Å². The van der Waals surface area contributed by atoms with Gasteiger partial charge in [-0.1, -0.05) is 43.3 Å². The summed E-state index contributed by atoms with van der Waals surface area (Å²) in [5.74, 6) is 0.293. The largest absolute Gasteiger partial charge is 0.378 e. The van der Waals surface area contributed by atoms with Crippen LogP contribution in [0.5, 0.6) is 0 Å². The Morgan fingerprint density at radius 1 is 1.32 bits per heavy atom. The van der Waals surface area contributed by atoms with Gasteiger partial charge in [-0.25, -0.2) is 0 Å². The first kappa shape index (κ1) is 15.3. The summed E-state index contributed by atoms with van der Waals surface area (Å²) in [6, 6.07) is 10.4. The first-order chi connectivity index (χ1) is 10.7. The predicted octanol–water partition coefficient (Wildman–Crippen LogP) is 3.03. The molecule has 0 aliphatic carbocycles. The highest BCUT2D eigenvalue weighted by molar-refractivity contribution is 8.18. The van der Waals surface area contributed by atoms with Crippen molar-refractivity contribution in [2.45, 2.75) is 19.3 Å². The van der Waals surface area contributed by atoms with Crippen LogP contribution in [0, 0.1) is 0 Å². The predicted molar refractivity (Wildman–Crippen MR) is 90.0 cm³/mol. The van der Waals surface area contributed by atoms with Crippen molar-refractivity contribution >= 4 is 22.8 Å². The number of aliphatic imine (C=N–C) groups is 1. The topological polar surface area (TPSA) is 41.9 Å². The maximum atomic E-state index is 12.0. The van der Waals surface area contributed by atoms with E-state index >= 15 is 0 Å². The normalized spacial score (nSPS) is 22.0. The molecule has 1 aromatic carbocycles. The summed E-state index contributed by atoms with van der Waals surface area (Å²) >= 11 is 1.49. The van der Waals surface area contributed by atoms with Crippen LogP contribution < -0.4 is 0 Å². The first-order valence-corrected chi connectivity index (χ1v) is 8.44. The fourth-order valence-corrected chi connectivity index (χ4v) is 3.48. The van der Waals surface area contributed by atoms with E-state index in [1.54, 1.807) is 0 Å². The third-order valence-corrected chi connectivity index (χ3v) is 5.01. The van der Waals surface area contributed by atoms with Crippen LogP contribution in [0.4, 0.5) is 0 Å². The Morgan fingerprint density at radius 3 is 2.77 bits per heavy atom. The van der Waals surface area contributed by atoms with Crippen LogP contribution in [0.15, 0.2) is 46.3 Å². The Kier molecular flexibility index (Phi) is 4.95. The van der Waals surface area contributed by atoms with Gasteiger partial charge in [0, 0.05) is 13.1 Å². The number of nitrogens with zero attached hydrogens (tertiary/aromatic N) is 2. The average molecular weight is 316 g/mol. The zero-order chi connectivity index (χ0) is 15.4. The van der Waals surface area contributed by atoms with Crippen molar-refractivity contribution in [1.29, 1.82) is 0 Å². The molecule has 1 unspecified atom stereocenters. The molecule has 1 saturated heterocycles. The molecule has 1 aromatic rings. The second-order valence-corrected chi connectivity index (χ2v) is 6.53. The smallest absolute Gasteiger partial charge is 0.285 e. The Hall–Kier alpha value is -1.59. The summed E-state index contributed by atoms with van der Waals surface area (Å²) < 4.78 is 5.34. The van der Waals surface area contributed by atoms with Gasteiger partial charge < -0.3 is 9.64 Å². The van der Waals surface area contributed by atoms with Gasteiger partial charge in [-0.2, -0.15) is 4.99 Å². The number of carbonyl (C=O) groups excluding carboxylic acids is 1. The van der Waals surface area contributed by atoms with Crippen molar-refractivity contribution in [2.24, 2.45) is 4.99 Å². The number of amidine groups is 1. The highest BCUT2D eigenvalue weighted by atomic mass is 32.2. The van der Waals surface area contributed by atoms with Crippen molar-refractivity contribution in [3.63, 3.8) is 0 Å². The number of allylic oxidation sites excluding steroid dienone is 1. The molecule has 0 bridgehead atoms. The fraction of sp³-hybridized carbons (Fsp3) is 0.412. The number of hydrogen-bond acceptors (Lipinski definition) is 4. The van der Waals surface area contributed by atoms with Crippen LogP contribution in [0.25, 0.3) is 0 Å². The van der Waals surface area contributed by atoms with E-state index in [0.717, 1.165) is 29.6 Å². The van der Waals surface area contributed by atoms with Gasteiger partial charge in [0.25, 0.3) is 5.91 Å². The summed E-state index contributed by atoms with van der Waals surface area (Å²) in [6.45, 7) is 5.22. The van der Waals surface area contributed by atoms with E-state index < -0.39 is 0 Å². The molecular weight excluding hydrogens is 296 g/mol. The summed E-state index contributed by atoms with van der Waals surface area (Å²) in [4.78, 5) is 19.1. The number of thioether (sulfide) groups is 1. The molecule has 0 spiro atoms. The Labute approximate surface area is 135 Å². The molecule has 116 valence electrons. The van der Waals surface area contributed by atoms with Crippen LogP contribution >= 0.6 is 11.8 Å². The van der Waals surface area contributed by atoms with Crippen molar-refractivity contribution in [1.82, 2.24) is 4.90 Å². The van der Waals surface area contributed by atoms with Crippen molar-refractivity contribution in [3.05, 3.63) is 46.9 Å². The van der Waals surface area contributed by atoms with Gasteiger partial charge >= 0.3 is 0 Å². The first-order valence-electron chi connectivity index (χ1n) is 7.62. The lowest BCUT2D eigenvalue weighted by molar-refractivity contribution is -0.113. The van der Waals surface area contributed by atoms with Crippen LogP contribution in [-0.2, 0) is 9.53 Å². The molecule has 0 aromatic heterocycles. The Morgan fingerprint density at radius 2 is 2.05 bits per heavy atom. The molecule has 1 atom stereocenters. The minimum absolute atomic E-state index is 0.105. The number of amides is 1. The van der Waals surface area contributed by atoms with Gasteiger partial charge in [0.1, 0.15) is 0 Å². The van der Waals surface area contributed by atoms with Gasteiger partial charge in [0.15, 0.2) is 5.17 Å². The monoisotopic (exact) mass is 316 g/mol. The van der Waals surface area contributed by atoms with Crippen LogP contribution in [0.1, 0.15) is 24.8 Å². The molecule has 2 aliphatic rings. The number of benzene rings is 1. The lowest BCUT2D eigenvalue weighted by atomic mass is 9.98. The van der Waals surface area contributed by atoms with Crippen LogP contribution in [-0.4, -0.2) is 42.3 Å². The number of morpholine rings is 1. The van der Waals surface area contributed by atoms with Gasteiger partial charge in [-0.15, -0.1) is 0 Å². The Balaban J connectivity index is 1.60. The minimum atomic E-state index is -0.105. The molecule has 2 aliphatic heterocycles. The highest BCUT2D eigenvalue weighted by Gasteiger charge is 2.27. The van der Waals surface area contributed by atoms with E-state index in [4.69, 9.17) is 4.74 Å². The molecule has 2 heterocycles. The van der Waals surface area contributed by atoms with E-state index in [-0.39, 0.29) is 5.91 Å². The van der Waals surface area contributed by atoms with Gasteiger partial charge in [-0.05, 0) is 29.7 Å². The molecule has 1 amide bonds. The molecule has 5 heteroatoms. The second kappa shape index (κ2) is 7.11. The lowest BCUT2D eigenvalue weighted by Crippen LogP contribution is -2.38. The number of hydrogen-bond donors (Lipinski definition) is 0. The number of carbonyl (C=O) groups is 1. The third-order valence-electron chi connectivity index (χ3n) is 3.92. The molecule has 0 N–H and O–H groups in total. The number of rotatable bonds is 3. The zero-order valence-electron chi connectivity index (χ0n) is 12.7. The summed E-state index contributed by atoms with van der Waals surface area (Å²) in [5.41, 5.74) is 1.30. The fourth-order valence-electron chi connectivity index (χ4n) is 2.53. The number of ether oxygens (including phenoxy) is 1. The molecule has 1 fully saturated rings. The summed E-state index contributed by atoms with van der Waals surface area (Å²) in [5, 5.41) is 0.826. The Bertz CT molecular complexity index is 592. The highest BCUT2D eigenvalue weighted by Crippen LogP contribution is 2.30. The average Bonchev–Trinajstić information content (AvgIpc) is 2.95. The van der Waals surface area contributed by atoms with Crippen molar-refractivity contribution in [2.75, 3.05) is 26.3 Å². The maximum absolute atomic E-state index is 12.0. The summed E-state index contributed by atoms with van der Waals surface area (Å²) in [6.07, 6.45) is 2.88. The maximum Gasteiger partial charge on any atom is 0.285 e. The van der Waals surface area contributed by atoms with Crippen LogP contribution in [0.2, 0.25) is 0 Å². The quantitative estimate of drug-likeness (QED) is 0.804. The van der Waals surface area contributed by atoms with Crippen molar-refractivity contribution < 1.29 is 9.53 Å². The van der Waals surface area contributed by atoms with E-state index in [1.807, 2.05) is 24.3 Å². The molecular formula is C17H20N2O2S. The van der Waals surface area contributed by atoms with Gasteiger partial charge in [0.05, 0.1) is 18.1 Å². The van der Waals surface area contributed by atoms with E-state index in [0.29, 0.717) is 19.1 Å². The molecule has 0 radical (unpaired) electrons. The van der Waals surface area contributed by atoms with Crippen molar-refractivity contribution in [3.8, 4) is 0 Å². The third kappa shape index (κ3) is 3.59. The lowest BCUT2D eigenvalue weighted by Gasteiger charge is -2.27. The molecule has 22 heavy (non-hydrogen) atoms. The molecule has 3 rings (SSSR count). The second-order valence-electron chi connectivity index (χ2n) is 5.52. The minimum Gasteiger partial charge on any atom is -0.378 e. The van der Waals surface area contributed by atoms with Gasteiger partial charge in [-0.3, -0.25) is 4.79 Å². The summed E-state index contributed by atoms with van der Waals surface area (Å²) in [7, 11) is 0. The van der Waals surface area contributed by atoms with E-state index in [2.05, 4.69) is 28.9 Å². The van der Waals surface area contributed by atoms with Crippen LogP contribution in [0.3, 0.4) is 0 Å². The zero-order valence-corrected chi connectivity index (χ0v) is 13.5. The molecule has 4 nitrogen and oxygen atoms in total. The SMILES string of the molecule is CC(CC=C1SC(N2CCOCC2)=NC1=O)c1ccccc1. The van der Waals surface area contributed by atoms with E-state index in [9.17, 15) is 4.79 Å². The standard InChI is InChI=1S/C17H20N2O2S/c1-13(14-5-3-2-4-6-14)7-8-15-16(20)18-17(22-15)19-9-11-21-12-10-19/h2-6,8,13H,7,9-12H2,1H3. The molecule has 0 saturated carbocycles.